The lowest BCUT2D eigenvalue weighted by Gasteiger charge is -2.30. The van der Waals surface area contributed by atoms with Crippen LogP contribution in [0, 0.1) is 0 Å². The molecule has 0 aromatic heterocycles. The molecule has 2 aromatic rings. The van der Waals surface area contributed by atoms with Crippen LogP contribution in [-0.4, -0.2) is 32.8 Å². The van der Waals surface area contributed by atoms with Crippen molar-refractivity contribution >= 4 is 17.7 Å². The van der Waals surface area contributed by atoms with Crippen LogP contribution >= 0.6 is 0 Å². The number of ether oxygens (including phenoxy) is 3. The Bertz CT molecular complexity index is 969. The van der Waals surface area contributed by atoms with Gasteiger partial charge in [0.15, 0.2) is 0 Å². The number of unbranched alkanes of at least 4 members (excludes halogenated alkanes) is 3. The van der Waals surface area contributed by atoms with Gasteiger partial charge in [0, 0.05) is 5.56 Å². The molecule has 170 valence electrons. The van der Waals surface area contributed by atoms with Crippen LogP contribution in [0.3, 0.4) is 0 Å². The zero-order chi connectivity index (χ0) is 22.9. The Labute approximate surface area is 188 Å². The summed E-state index contributed by atoms with van der Waals surface area (Å²) in [4.78, 5) is 25.5. The number of benzene rings is 2. The lowest BCUT2D eigenvalue weighted by Crippen LogP contribution is -2.45. The first-order valence-electron chi connectivity index (χ1n) is 10.8. The number of para-hydroxylation sites is 1. The van der Waals surface area contributed by atoms with Crippen LogP contribution in [0.25, 0.3) is 5.70 Å². The predicted octanol–water partition coefficient (Wildman–Crippen LogP) is 4.59. The lowest BCUT2D eigenvalue weighted by atomic mass is 9.92. The molecule has 1 atom stereocenters. The number of carbonyl (C=O) groups excluding carboxylic acids is 2. The van der Waals surface area contributed by atoms with Crippen molar-refractivity contribution in [1.29, 1.82) is 0 Å². The maximum Gasteiger partial charge on any atom is 0.338 e. The van der Waals surface area contributed by atoms with Crippen molar-refractivity contribution in [3.63, 3.8) is 0 Å². The van der Waals surface area contributed by atoms with Crippen molar-refractivity contribution < 1.29 is 23.8 Å². The van der Waals surface area contributed by atoms with Crippen molar-refractivity contribution in [3.05, 3.63) is 65.2 Å². The van der Waals surface area contributed by atoms with E-state index in [1.54, 1.807) is 31.4 Å². The highest BCUT2D eigenvalue weighted by molar-refractivity contribution is 6.04. The van der Waals surface area contributed by atoms with Gasteiger partial charge in [-0.15, -0.1) is 0 Å². The number of amides is 2. The number of rotatable bonds is 10. The van der Waals surface area contributed by atoms with Crippen LogP contribution in [0.15, 0.2) is 54.1 Å². The van der Waals surface area contributed by atoms with E-state index in [0.717, 1.165) is 25.7 Å². The van der Waals surface area contributed by atoms with E-state index in [9.17, 15) is 9.59 Å². The summed E-state index contributed by atoms with van der Waals surface area (Å²) >= 11 is 0. The largest absolute Gasteiger partial charge is 0.497 e. The minimum Gasteiger partial charge on any atom is -0.497 e. The fraction of sp³-hybridized carbons (Fsp3) is 0.360. The summed E-state index contributed by atoms with van der Waals surface area (Å²) < 4.78 is 16.3. The smallest absolute Gasteiger partial charge is 0.338 e. The molecule has 32 heavy (non-hydrogen) atoms. The second kappa shape index (κ2) is 11.2. The Kier molecular flexibility index (Phi) is 8.14. The molecule has 0 radical (unpaired) electrons. The molecule has 1 unspecified atom stereocenters. The van der Waals surface area contributed by atoms with Gasteiger partial charge in [-0.1, -0.05) is 44.4 Å². The normalized spacial score (nSPS) is 15.6. The highest BCUT2D eigenvalue weighted by Crippen LogP contribution is 2.36. The topological polar surface area (TPSA) is 85.9 Å². The first kappa shape index (κ1) is 23.2. The van der Waals surface area contributed by atoms with Gasteiger partial charge in [-0.2, -0.15) is 0 Å². The number of urea groups is 1. The maximum atomic E-state index is 12.9. The fourth-order valence-corrected chi connectivity index (χ4v) is 3.67. The van der Waals surface area contributed by atoms with Gasteiger partial charge in [0.1, 0.15) is 11.5 Å². The Morgan fingerprint density at radius 1 is 1.00 bits per heavy atom. The van der Waals surface area contributed by atoms with E-state index >= 15 is 0 Å². The number of esters is 1. The third-order valence-electron chi connectivity index (χ3n) is 5.34. The molecule has 1 aliphatic heterocycles. The van der Waals surface area contributed by atoms with Gasteiger partial charge in [0.05, 0.1) is 38.1 Å². The second-order valence-electron chi connectivity index (χ2n) is 7.49. The van der Waals surface area contributed by atoms with E-state index in [-0.39, 0.29) is 0 Å². The number of methoxy groups -OCH3 is 2. The SMILES string of the molecule is CCCCCCOc1ccccc1C1NC(=O)NC(c2ccc(OC)cc2)=C1C(=O)OC. The Balaban J connectivity index is 2.00. The first-order valence-corrected chi connectivity index (χ1v) is 10.8. The maximum absolute atomic E-state index is 12.9. The van der Waals surface area contributed by atoms with E-state index in [0.29, 0.717) is 40.5 Å². The highest BCUT2D eigenvalue weighted by Gasteiger charge is 2.35. The van der Waals surface area contributed by atoms with E-state index in [2.05, 4.69) is 17.6 Å². The Morgan fingerprint density at radius 2 is 1.75 bits per heavy atom. The summed E-state index contributed by atoms with van der Waals surface area (Å²) in [5.41, 5.74) is 2.07. The summed E-state index contributed by atoms with van der Waals surface area (Å²) in [5.74, 6) is 0.769. The molecule has 0 bridgehead atoms. The minimum atomic E-state index is -0.722. The Morgan fingerprint density at radius 3 is 2.44 bits per heavy atom. The number of hydrogen-bond acceptors (Lipinski definition) is 5. The molecule has 0 fully saturated rings. The van der Waals surface area contributed by atoms with E-state index < -0.39 is 18.0 Å². The van der Waals surface area contributed by atoms with Crippen molar-refractivity contribution in [2.45, 2.75) is 38.6 Å². The molecule has 1 aliphatic rings. The van der Waals surface area contributed by atoms with Gasteiger partial charge in [0.25, 0.3) is 0 Å². The molecule has 0 spiro atoms. The molecular formula is C25H30N2O5. The van der Waals surface area contributed by atoms with Gasteiger partial charge in [-0.05, 0) is 42.3 Å². The summed E-state index contributed by atoms with van der Waals surface area (Å²) in [6.45, 7) is 2.73. The second-order valence-corrected chi connectivity index (χ2v) is 7.49. The molecule has 0 saturated carbocycles. The summed E-state index contributed by atoms with van der Waals surface area (Å²) in [7, 11) is 2.90. The molecule has 1 heterocycles. The molecular weight excluding hydrogens is 408 g/mol. The van der Waals surface area contributed by atoms with Crippen molar-refractivity contribution in [2.24, 2.45) is 0 Å². The number of nitrogens with one attached hydrogen (secondary N) is 2. The van der Waals surface area contributed by atoms with Gasteiger partial charge < -0.3 is 24.8 Å². The van der Waals surface area contributed by atoms with Crippen LogP contribution in [-0.2, 0) is 9.53 Å². The zero-order valence-electron chi connectivity index (χ0n) is 18.8. The van der Waals surface area contributed by atoms with E-state index in [4.69, 9.17) is 14.2 Å². The molecule has 2 aromatic carbocycles. The predicted molar refractivity (Wildman–Crippen MR) is 122 cm³/mol. The van der Waals surface area contributed by atoms with Gasteiger partial charge in [0.2, 0.25) is 0 Å². The van der Waals surface area contributed by atoms with E-state index in [1.807, 2.05) is 24.3 Å². The van der Waals surface area contributed by atoms with Crippen LogP contribution in [0.2, 0.25) is 0 Å². The van der Waals surface area contributed by atoms with Crippen LogP contribution < -0.4 is 20.1 Å². The average Bonchev–Trinajstić information content (AvgIpc) is 2.83. The van der Waals surface area contributed by atoms with Gasteiger partial charge in [-0.25, -0.2) is 9.59 Å². The molecule has 7 nitrogen and oxygen atoms in total. The standard InChI is InChI=1S/C25H30N2O5/c1-4-5-6-9-16-32-20-11-8-7-10-19(20)23-21(24(28)31-3)22(26-25(29)27-23)17-12-14-18(30-2)15-13-17/h7-8,10-15,23H,4-6,9,16H2,1-3H3,(H2,26,27,29). The van der Waals surface area contributed by atoms with Crippen LogP contribution in [0.1, 0.15) is 49.8 Å². The van der Waals surface area contributed by atoms with Crippen LogP contribution in [0.5, 0.6) is 11.5 Å². The highest BCUT2D eigenvalue weighted by atomic mass is 16.5. The first-order chi connectivity index (χ1) is 15.6. The molecule has 2 N–H and O–H groups in total. The van der Waals surface area contributed by atoms with Gasteiger partial charge in [-0.3, -0.25) is 0 Å². The molecule has 2 amide bonds. The molecule has 0 saturated heterocycles. The van der Waals surface area contributed by atoms with Crippen LogP contribution in [0.4, 0.5) is 4.79 Å². The molecule has 3 rings (SSSR count). The fourth-order valence-electron chi connectivity index (χ4n) is 3.67. The molecule has 0 aliphatic carbocycles. The number of hydrogen-bond donors (Lipinski definition) is 2. The monoisotopic (exact) mass is 438 g/mol. The summed E-state index contributed by atoms with van der Waals surface area (Å²) in [6, 6.07) is 13.4. The summed E-state index contributed by atoms with van der Waals surface area (Å²) in [6.07, 6.45) is 4.35. The Hall–Kier alpha value is -3.48. The van der Waals surface area contributed by atoms with Crippen molar-refractivity contribution in [2.75, 3.05) is 20.8 Å². The molecule has 7 heteroatoms. The average molecular weight is 439 g/mol. The lowest BCUT2D eigenvalue weighted by molar-refractivity contribution is -0.136. The summed E-state index contributed by atoms with van der Waals surface area (Å²) in [5, 5.41) is 5.63. The van der Waals surface area contributed by atoms with Crippen molar-refractivity contribution in [1.82, 2.24) is 10.6 Å². The van der Waals surface area contributed by atoms with Gasteiger partial charge >= 0.3 is 12.0 Å². The third kappa shape index (κ3) is 5.41. The number of carbonyl (C=O) groups is 2. The zero-order valence-corrected chi connectivity index (χ0v) is 18.8. The van der Waals surface area contributed by atoms with E-state index in [1.165, 1.54) is 7.11 Å². The quantitative estimate of drug-likeness (QED) is 0.419. The van der Waals surface area contributed by atoms with Crippen molar-refractivity contribution in [3.8, 4) is 11.5 Å². The third-order valence-corrected chi connectivity index (χ3v) is 5.34. The minimum absolute atomic E-state index is 0.305.